The van der Waals surface area contributed by atoms with Gasteiger partial charge in [0.15, 0.2) is 5.58 Å². The minimum absolute atomic E-state index is 0.0136. The molecular weight excluding hydrogens is 280 g/mol. The van der Waals surface area contributed by atoms with Crippen LogP contribution in [0.5, 0.6) is 0 Å². The molecule has 0 unspecified atom stereocenters. The van der Waals surface area contributed by atoms with E-state index in [1.165, 1.54) is 31.2 Å². The summed E-state index contributed by atoms with van der Waals surface area (Å²) < 4.78 is 33.2. The summed E-state index contributed by atoms with van der Waals surface area (Å²) in [5.74, 6) is -3.08. The van der Waals surface area contributed by atoms with Gasteiger partial charge in [0.2, 0.25) is 5.89 Å². The molecule has 1 aromatic heterocycles. The van der Waals surface area contributed by atoms with Gasteiger partial charge in [0.05, 0.1) is 0 Å². The van der Waals surface area contributed by atoms with Gasteiger partial charge in [-0.3, -0.25) is 0 Å². The molecule has 3 rings (SSSR count). The number of nitrogens with zero attached hydrogens (tertiary/aromatic N) is 1. The van der Waals surface area contributed by atoms with Crippen molar-refractivity contribution in [2.45, 2.75) is 6.92 Å². The van der Waals surface area contributed by atoms with Crippen LogP contribution in [0.1, 0.15) is 15.9 Å². The number of carboxylic acid groups (broad SMARTS) is 1. The van der Waals surface area contributed by atoms with Crippen LogP contribution in [0.25, 0.3) is 22.6 Å². The Kier molecular flexibility index (Phi) is 2.94. The fourth-order valence-corrected chi connectivity index (χ4v) is 2.08. The molecule has 0 amide bonds. The van der Waals surface area contributed by atoms with Gasteiger partial charge in [0.1, 0.15) is 28.3 Å². The Hall–Kier alpha value is -2.76. The molecule has 0 aliphatic heterocycles. The van der Waals surface area contributed by atoms with E-state index < -0.39 is 23.2 Å². The van der Waals surface area contributed by atoms with Crippen molar-refractivity contribution in [3.05, 3.63) is 53.1 Å². The van der Waals surface area contributed by atoms with Crippen LogP contribution in [0, 0.1) is 18.6 Å². The van der Waals surface area contributed by atoms with E-state index in [2.05, 4.69) is 4.98 Å². The highest BCUT2D eigenvalue weighted by Gasteiger charge is 2.21. The van der Waals surface area contributed by atoms with E-state index in [1.54, 1.807) is 0 Å². The lowest BCUT2D eigenvalue weighted by atomic mass is 10.1. The molecule has 0 fully saturated rings. The van der Waals surface area contributed by atoms with E-state index in [9.17, 15) is 13.6 Å². The Morgan fingerprint density at radius 1 is 1.24 bits per heavy atom. The van der Waals surface area contributed by atoms with Crippen molar-refractivity contribution in [3.8, 4) is 11.5 Å². The highest BCUT2D eigenvalue weighted by Crippen LogP contribution is 2.31. The summed E-state index contributed by atoms with van der Waals surface area (Å²) in [6.45, 7) is 1.49. The normalized spacial score (nSPS) is 11.0. The molecule has 0 saturated heterocycles. The minimum Gasteiger partial charge on any atom is -0.478 e. The first-order valence-electron chi connectivity index (χ1n) is 6.07. The molecule has 1 N–H and O–H groups in total. The van der Waals surface area contributed by atoms with Gasteiger partial charge in [-0.2, -0.15) is 0 Å². The van der Waals surface area contributed by atoms with Gasteiger partial charge in [-0.05, 0) is 30.7 Å². The van der Waals surface area contributed by atoms with Gasteiger partial charge in [-0.1, -0.05) is 12.1 Å². The van der Waals surface area contributed by atoms with E-state index in [0.29, 0.717) is 0 Å². The molecule has 4 nitrogen and oxygen atoms in total. The summed E-state index contributed by atoms with van der Waals surface area (Å²) in [6, 6.07) is 6.75. The monoisotopic (exact) mass is 289 g/mol. The molecule has 6 heteroatoms. The second-order valence-electron chi connectivity index (χ2n) is 4.53. The zero-order chi connectivity index (χ0) is 15.1. The quantitative estimate of drug-likeness (QED) is 0.779. The molecule has 0 spiro atoms. The van der Waals surface area contributed by atoms with Crippen LogP contribution in [0.15, 0.2) is 34.7 Å². The number of halogens is 2. The number of hydrogen-bond donors (Lipinski definition) is 1. The number of carbonyl (C=O) groups is 1. The van der Waals surface area contributed by atoms with Crippen LogP contribution in [0.2, 0.25) is 0 Å². The fraction of sp³-hybridized carbons (Fsp3) is 0.0667. The number of hydrogen-bond acceptors (Lipinski definition) is 3. The Balaban J connectivity index is 2.30. The third kappa shape index (κ3) is 2.05. The molecule has 2 aromatic carbocycles. The number of oxazole rings is 1. The number of aryl methyl sites for hydroxylation is 1. The molecule has 106 valence electrons. The van der Waals surface area contributed by atoms with Crippen LogP contribution in [0.4, 0.5) is 8.78 Å². The number of aromatic carboxylic acids is 1. The van der Waals surface area contributed by atoms with Crippen molar-refractivity contribution in [2.75, 3.05) is 0 Å². The average Bonchev–Trinajstić information content (AvgIpc) is 2.86. The van der Waals surface area contributed by atoms with Crippen LogP contribution >= 0.6 is 0 Å². The lowest BCUT2D eigenvalue weighted by molar-refractivity contribution is 0.0698. The third-order valence-corrected chi connectivity index (χ3v) is 3.14. The van der Waals surface area contributed by atoms with Gasteiger partial charge in [-0.15, -0.1) is 0 Å². The highest BCUT2D eigenvalue weighted by molar-refractivity contribution is 6.00. The van der Waals surface area contributed by atoms with Crippen molar-refractivity contribution in [1.82, 2.24) is 4.98 Å². The Bertz CT molecular complexity index is 871. The van der Waals surface area contributed by atoms with Gasteiger partial charge in [0.25, 0.3) is 0 Å². The summed E-state index contributed by atoms with van der Waals surface area (Å²) in [4.78, 5) is 15.1. The number of rotatable bonds is 2. The Morgan fingerprint density at radius 3 is 2.71 bits per heavy atom. The maximum Gasteiger partial charge on any atom is 0.339 e. The number of fused-ring (bicyclic) bond motifs is 1. The van der Waals surface area contributed by atoms with Gasteiger partial charge < -0.3 is 9.52 Å². The van der Waals surface area contributed by atoms with E-state index in [4.69, 9.17) is 9.52 Å². The van der Waals surface area contributed by atoms with E-state index in [1.807, 2.05) is 0 Å². The van der Waals surface area contributed by atoms with Crippen molar-refractivity contribution < 1.29 is 23.1 Å². The van der Waals surface area contributed by atoms with Crippen LogP contribution in [-0.2, 0) is 0 Å². The van der Waals surface area contributed by atoms with E-state index >= 15 is 0 Å². The predicted octanol–water partition coefficient (Wildman–Crippen LogP) is 3.78. The molecule has 21 heavy (non-hydrogen) atoms. The van der Waals surface area contributed by atoms with E-state index in [0.717, 1.165) is 6.07 Å². The largest absolute Gasteiger partial charge is 0.478 e. The standard InChI is InChI=1S/C15H9F2NO3/c1-7-5-6-9(16)11(12(7)17)14-18-10-4-2-3-8(15(19)20)13(10)21-14/h2-6H,1H3,(H,19,20). The lowest BCUT2D eigenvalue weighted by Crippen LogP contribution is -1.95. The van der Waals surface area contributed by atoms with Gasteiger partial charge in [-0.25, -0.2) is 18.6 Å². The van der Waals surface area contributed by atoms with E-state index in [-0.39, 0.29) is 28.1 Å². The molecular formula is C15H9F2NO3. The highest BCUT2D eigenvalue weighted by atomic mass is 19.1. The van der Waals surface area contributed by atoms with Crippen LogP contribution < -0.4 is 0 Å². The maximum absolute atomic E-state index is 14.1. The minimum atomic E-state index is -1.20. The molecule has 3 aromatic rings. The SMILES string of the molecule is Cc1ccc(F)c(-c2nc3cccc(C(=O)O)c3o2)c1F. The maximum atomic E-state index is 14.1. The molecule has 0 aliphatic carbocycles. The summed E-state index contributed by atoms with van der Waals surface area (Å²) in [5, 5.41) is 9.08. The van der Waals surface area contributed by atoms with Crippen molar-refractivity contribution in [2.24, 2.45) is 0 Å². The summed E-state index contributed by atoms with van der Waals surface area (Å²) in [7, 11) is 0. The molecule has 0 bridgehead atoms. The summed E-state index contributed by atoms with van der Waals surface area (Å²) >= 11 is 0. The topological polar surface area (TPSA) is 63.3 Å². The second-order valence-corrected chi connectivity index (χ2v) is 4.53. The average molecular weight is 289 g/mol. The Labute approximate surface area is 117 Å². The van der Waals surface area contributed by atoms with Crippen molar-refractivity contribution in [3.63, 3.8) is 0 Å². The molecule has 0 aliphatic rings. The Morgan fingerprint density at radius 2 is 2.00 bits per heavy atom. The fourth-order valence-electron chi connectivity index (χ4n) is 2.08. The number of aromatic nitrogens is 1. The lowest BCUT2D eigenvalue weighted by Gasteiger charge is -2.02. The van der Waals surface area contributed by atoms with Crippen LogP contribution in [0.3, 0.4) is 0 Å². The van der Waals surface area contributed by atoms with Crippen molar-refractivity contribution >= 4 is 17.1 Å². The first-order valence-corrected chi connectivity index (χ1v) is 6.07. The molecule has 0 radical (unpaired) electrons. The number of carboxylic acids is 1. The zero-order valence-corrected chi connectivity index (χ0v) is 10.9. The smallest absolute Gasteiger partial charge is 0.339 e. The number of para-hydroxylation sites is 1. The summed E-state index contributed by atoms with van der Waals surface area (Å²) in [5.41, 5.74) is -0.0557. The number of benzene rings is 2. The third-order valence-electron chi connectivity index (χ3n) is 3.14. The first-order chi connectivity index (χ1) is 9.99. The molecule has 0 saturated carbocycles. The van der Waals surface area contributed by atoms with Gasteiger partial charge in [0, 0.05) is 0 Å². The first kappa shape index (κ1) is 13.2. The van der Waals surface area contributed by atoms with Gasteiger partial charge >= 0.3 is 5.97 Å². The van der Waals surface area contributed by atoms with Crippen LogP contribution in [-0.4, -0.2) is 16.1 Å². The van der Waals surface area contributed by atoms with Crippen molar-refractivity contribution in [1.29, 1.82) is 0 Å². The molecule has 1 heterocycles. The summed E-state index contributed by atoms with van der Waals surface area (Å²) in [6.07, 6.45) is 0. The molecule has 0 atom stereocenters. The second kappa shape index (κ2) is 4.66. The predicted molar refractivity (Wildman–Crippen MR) is 71.1 cm³/mol. The zero-order valence-electron chi connectivity index (χ0n) is 10.9.